The summed E-state index contributed by atoms with van der Waals surface area (Å²) < 4.78 is 0. The van der Waals surface area contributed by atoms with Crippen molar-refractivity contribution in [2.24, 2.45) is 10.9 Å². The van der Waals surface area contributed by atoms with Gasteiger partial charge in [0.05, 0.1) is 6.04 Å². The molecule has 8 heteroatoms. The van der Waals surface area contributed by atoms with Crippen molar-refractivity contribution < 1.29 is 10.0 Å². The SMILES string of the molecule is CC(NC(=O)c1ccc(/C(N)=N/O)cn1)c1ncc[nH]1. The van der Waals surface area contributed by atoms with Crippen LogP contribution in [0.3, 0.4) is 0 Å². The molecule has 0 spiro atoms. The van der Waals surface area contributed by atoms with Crippen LogP contribution in [0.25, 0.3) is 0 Å². The Morgan fingerprint density at radius 2 is 2.30 bits per heavy atom. The lowest BCUT2D eigenvalue weighted by Gasteiger charge is -2.11. The van der Waals surface area contributed by atoms with E-state index in [1.54, 1.807) is 18.5 Å². The Hall–Kier alpha value is -2.90. The van der Waals surface area contributed by atoms with Crippen molar-refractivity contribution in [2.75, 3.05) is 0 Å². The molecular weight excluding hydrogens is 260 g/mol. The summed E-state index contributed by atoms with van der Waals surface area (Å²) in [6.45, 7) is 1.81. The number of nitrogens with zero attached hydrogens (tertiary/aromatic N) is 3. The van der Waals surface area contributed by atoms with E-state index in [0.29, 0.717) is 11.4 Å². The molecule has 20 heavy (non-hydrogen) atoms. The smallest absolute Gasteiger partial charge is 0.270 e. The van der Waals surface area contributed by atoms with E-state index in [9.17, 15) is 4.79 Å². The van der Waals surface area contributed by atoms with Gasteiger partial charge in [0, 0.05) is 24.2 Å². The number of pyridine rings is 1. The number of rotatable bonds is 4. The predicted octanol–water partition coefficient (Wildman–Crippen LogP) is 0.390. The van der Waals surface area contributed by atoms with Gasteiger partial charge in [-0.25, -0.2) is 4.98 Å². The van der Waals surface area contributed by atoms with Gasteiger partial charge in [-0.05, 0) is 19.1 Å². The van der Waals surface area contributed by atoms with Crippen molar-refractivity contribution in [3.05, 3.63) is 47.8 Å². The Bertz CT molecular complexity index is 605. The standard InChI is InChI=1S/C12H14N6O2/c1-7(11-14-4-5-15-11)17-12(19)9-3-2-8(6-16-9)10(13)18-20/h2-7,20H,1H3,(H2,13,18)(H,14,15)(H,17,19). The zero-order valence-electron chi connectivity index (χ0n) is 10.7. The highest BCUT2D eigenvalue weighted by Gasteiger charge is 2.14. The van der Waals surface area contributed by atoms with Gasteiger partial charge in [0.25, 0.3) is 5.91 Å². The van der Waals surface area contributed by atoms with Gasteiger partial charge in [0.2, 0.25) is 0 Å². The Balaban J connectivity index is 2.06. The normalized spacial score (nSPS) is 12.9. The molecule has 0 fully saturated rings. The van der Waals surface area contributed by atoms with Crippen molar-refractivity contribution in [1.29, 1.82) is 0 Å². The van der Waals surface area contributed by atoms with Crippen LogP contribution < -0.4 is 11.1 Å². The minimum absolute atomic E-state index is 0.0617. The minimum atomic E-state index is -0.333. The third kappa shape index (κ3) is 2.91. The molecule has 0 aliphatic carbocycles. The van der Waals surface area contributed by atoms with E-state index in [-0.39, 0.29) is 23.5 Å². The fourth-order valence-electron chi connectivity index (χ4n) is 1.59. The average molecular weight is 274 g/mol. The molecule has 0 bridgehead atoms. The van der Waals surface area contributed by atoms with Crippen LogP contribution in [0, 0.1) is 0 Å². The molecule has 0 aromatic carbocycles. The molecule has 0 radical (unpaired) electrons. The van der Waals surface area contributed by atoms with E-state index in [1.807, 2.05) is 6.92 Å². The highest BCUT2D eigenvalue weighted by molar-refractivity contribution is 5.98. The summed E-state index contributed by atoms with van der Waals surface area (Å²) in [4.78, 5) is 22.9. The molecule has 2 aromatic heterocycles. The number of H-pyrrole nitrogens is 1. The van der Waals surface area contributed by atoms with Crippen molar-refractivity contribution >= 4 is 11.7 Å². The number of carbonyl (C=O) groups excluding carboxylic acids is 1. The van der Waals surface area contributed by atoms with Gasteiger partial charge >= 0.3 is 0 Å². The van der Waals surface area contributed by atoms with Gasteiger partial charge < -0.3 is 21.2 Å². The molecule has 104 valence electrons. The van der Waals surface area contributed by atoms with Crippen molar-refractivity contribution in [2.45, 2.75) is 13.0 Å². The number of aromatic amines is 1. The third-order valence-corrected chi connectivity index (χ3v) is 2.68. The Morgan fingerprint density at radius 3 is 2.85 bits per heavy atom. The molecule has 2 rings (SSSR count). The summed E-state index contributed by atoms with van der Waals surface area (Å²) >= 11 is 0. The van der Waals surface area contributed by atoms with E-state index in [1.165, 1.54) is 12.3 Å². The number of nitrogens with one attached hydrogen (secondary N) is 2. The zero-order chi connectivity index (χ0) is 14.5. The molecule has 0 aliphatic heterocycles. The second-order valence-corrected chi connectivity index (χ2v) is 4.09. The second kappa shape index (κ2) is 5.83. The molecule has 1 amide bonds. The number of amides is 1. The Kier molecular flexibility index (Phi) is 3.94. The number of amidine groups is 1. The summed E-state index contributed by atoms with van der Waals surface area (Å²) in [7, 11) is 0. The van der Waals surface area contributed by atoms with E-state index < -0.39 is 0 Å². The summed E-state index contributed by atoms with van der Waals surface area (Å²) in [5.74, 6) is 0.264. The van der Waals surface area contributed by atoms with Crippen molar-refractivity contribution in [3.8, 4) is 0 Å². The maximum atomic E-state index is 12.0. The van der Waals surface area contributed by atoms with Gasteiger partial charge in [0.1, 0.15) is 11.5 Å². The lowest BCUT2D eigenvalue weighted by molar-refractivity contribution is 0.0933. The predicted molar refractivity (Wildman–Crippen MR) is 71.2 cm³/mol. The number of carbonyl (C=O) groups is 1. The van der Waals surface area contributed by atoms with Crippen LogP contribution in [-0.2, 0) is 0 Å². The number of imidazole rings is 1. The number of aromatic nitrogens is 3. The Morgan fingerprint density at radius 1 is 1.50 bits per heavy atom. The van der Waals surface area contributed by atoms with E-state index >= 15 is 0 Å². The topological polar surface area (TPSA) is 129 Å². The van der Waals surface area contributed by atoms with Crippen LogP contribution in [0.2, 0.25) is 0 Å². The number of hydrogen-bond donors (Lipinski definition) is 4. The first-order valence-electron chi connectivity index (χ1n) is 5.86. The molecule has 0 saturated carbocycles. The molecule has 0 aliphatic rings. The van der Waals surface area contributed by atoms with Crippen LogP contribution in [0.15, 0.2) is 35.9 Å². The molecule has 8 nitrogen and oxygen atoms in total. The molecule has 1 unspecified atom stereocenters. The van der Waals surface area contributed by atoms with Gasteiger partial charge in [-0.3, -0.25) is 9.78 Å². The minimum Gasteiger partial charge on any atom is -0.409 e. The van der Waals surface area contributed by atoms with Crippen LogP contribution >= 0.6 is 0 Å². The van der Waals surface area contributed by atoms with Crippen LogP contribution in [0.5, 0.6) is 0 Å². The first-order chi connectivity index (χ1) is 9.61. The largest absolute Gasteiger partial charge is 0.409 e. The summed E-state index contributed by atoms with van der Waals surface area (Å²) in [5.41, 5.74) is 6.08. The summed E-state index contributed by atoms with van der Waals surface area (Å²) in [6, 6.07) is 2.79. The summed E-state index contributed by atoms with van der Waals surface area (Å²) in [6.07, 6.45) is 4.66. The van der Waals surface area contributed by atoms with Crippen LogP contribution in [0.1, 0.15) is 34.8 Å². The van der Waals surface area contributed by atoms with Crippen LogP contribution in [0.4, 0.5) is 0 Å². The molecule has 0 saturated heterocycles. The van der Waals surface area contributed by atoms with Gasteiger partial charge in [0.15, 0.2) is 5.84 Å². The second-order valence-electron chi connectivity index (χ2n) is 4.09. The highest BCUT2D eigenvalue weighted by Crippen LogP contribution is 2.07. The monoisotopic (exact) mass is 274 g/mol. The number of hydrogen-bond acceptors (Lipinski definition) is 5. The van der Waals surface area contributed by atoms with Crippen molar-refractivity contribution in [3.63, 3.8) is 0 Å². The molecule has 1 atom stereocenters. The molecule has 2 heterocycles. The lowest BCUT2D eigenvalue weighted by Crippen LogP contribution is -2.28. The zero-order valence-corrected chi connectivity index (χ0v) is 10.7. The maximum Gasteiger partial charge on any atom is 0.270 e. The van der Waals surface area contributed by atoms with Crippen molar-refractivity contribution in [1.82, 2.24) is 20.3 Å². The molecule has 2 aromatic rings. The summed E-state index contributed by atoms with van der Waals surface area (Å²) in [5, 5.41) is 14.1. The lowest BCUT2D eigenvalue weighted by atomic mass is 10.2. The molecular formula is C12H14N6O2. The maximum absolute atomic E-state index is 12.0. The van der Waals surface area contributed by atoms with E-state index in [0.717, 1.165) is 0 Å². The van der Waals surface area contributed by atoms with Gasteiger partial charge in [-0.2, -0.15) is 0 Å². The van der Waals surface area contributed by atoms with E-state index in [2.05, 4.69) is 25.4 Å². The first-order valence-corrected chi connectivity index (χ1v) is 5.86. The average Bonchev–Trinajstić information content (AvgIpc) is 3.01. The first kappa shape index (κ1) is 13.5. The van der Waals surface area contributed by atoms with E-state index in [4.69, 9.17) is 10.9 Å². The number of nitrogens with two attached hydrogens (primary N) is 1. The Labute approximate surface area is 114 Å². The fraction of sp³-hybridized carbons (Fsp3) is 0.167. The van der Waals surface area contributed by atoms with Gasteiger partial charge in [-0.1, -0.05) is 5.16 Å². The number of oxime groups is 1. The van der Waals surface area contributed by atoms with Crippen LogP contribution in [-0.4, -0.2) is 31.9 Å². The fourth-order valence-corrected chi connectivity index (χ4v) is 1.59. The molecule has 5 N–H and O–H groups in total. The van der Waals surface area contributed by atoms with Gasteiger partial charge in [-0.15, -0.1) is 0 Å². The quantitative estimate of drug-likeness (QED) is 0.277. The third-order valence-electron chi connectivity index (χ3n) is 2.68. The highest BCUT2D eigenvalue weighted by atomic mass is 16.4.